The van der Waals surface area contributed by atoms with Crippen molar-refractivity contribution in [2.24, 2.45) is 0 Å². The van der Waals surface area contributed by atoms with E-state index in [9.17, 15) is 18.0 Å². The first kappa shape index (κ1) is 17.8. The topological polar surface area (TPSA) is 73.9 Å². The summed E-state index contributed by atoms with van der Waals surface area (Å²) in [4.78, 5) is 18.2. The molecule has 4 heterocycles. The van der Waals surface area contributed by atoms with E-state index >= 15 is 0 Å². The first-order chi connectivity index (χ1) is 12.8. The molecule has 27 heavy (non-hydrogen) atoms. The van der Waals surface area contributed by atoms with Crippen LogP contribution >= 0.6 is 0 Å². The Morgan fingerprint density at radius 1 is 1.22 bits per heavy atom. The van der Waals surface area contributed by atoms with E-state index in [4.69, 9.17) is 0 Å². The molecule has 2 aromatic heterocycles. The standard InChI is InChI=1S/C18H20F3N5O/c1-10-2-3-13(22-9-10)26-6-4-11(5-7-26)16-15-12(18(19,20)21)8-14(27)23-17(15)25-24-16/h2-3,9,11-12H,4-8H2,1H3,(H2,23,24,25,27). The van der Waals surface area contributed by atoms with E-state index in [1.807, 2.05) is 25.3 Å². The first-order valence-corrected chi connectivity index (χ1v) is 8.95. The smallest absolute Gasteiger partial charge is 0.357 e. The maximum Gasteiger partial charge on any atom is 0.396 e. The van der Waals surface area contributed by atoms with Gasteiger partial charge in [-0.1, -0.05) is 6.07 Å². The number of anilines is 2. The summed E-state index contributed by atoms with van der Waals surface area (Å²) in [7, 11) is 0. The number of H-pyrrole nitrogens is 1. The third-order valence-electron chi connectivity index (χ3n) is 5.35. The summed E-state index contributed by atoms with van der Waals surface area (Å²) >= 11 is 0. The molecule has 1 amide bonds. The first-order valence-electron chi connectivity index (χ1n) is 8.95. The van der Waals surface area contributed by atoms with Crippen LogP contribution in [0.5, 0.6) is 0 Å². The summed E-state index contributed by atoms with van der Waals surface area (Å²) in [6.07, 6.45) is -1.86. The number of nitrogens with zero attached hydrogens (tertiary/aromatic N) is 3. The highest BCUT2D eigenvalue weighted by atomic mass is 19.4. The fraction of sp³-hybridized carbons (Fsp3) is 0.500. The van der Waals surface area contributed by atoms with Gasteiger partial charge in [-0.05, 0) is 31.4 Å². The molecule has 1 unspecified atom stereocenters. The van der Waals surface area contributed by atoms with Crippen LogP contribution in [0.2, 0.25) is 0 Å². The Balaban J connectivity index is 1.54. The van der Waals surface area contributed by atoms with Gasteiger partial charge in [-0.2, -0.15) is 18.3 Å². The fourth-order valence-corrected chi connectivity index (χ4v) is 3.92. The van der Waals surface area contributed by atoms with Crippen LogP contribution < -0.4 is 10.2 Å². The maximum atomic E-state index is 13.5. The molecule has 2 aliphatic rings. The van der Waals surface area contributed by atoms with E-state index in [1.54, 1.807) is 0 Å². The van der Waals surface area contributed by atoms with Crippen molar-refractivity contribution in [1.82, 2.24) is 15.2 Å². The van der Waals surface area contributed by atoms with Gasteiger partial charge < -0.3 is 10.2 Å². The van der Waals surface area contributed by atoms with Crippen LogP contribution in [0.3, 0.4) is 0 Å². The minimum atomic E-state index is -4.47. The lowest BCUT2D eigenvalue weighted by Gasteiger charge is -2.34. The summed E-state index contributed by atoms with van der Waals surface area (Å²) in [5, 5.41) is 9.18. The second-order valence-corrected chi connectivity index (χ2v) is 7.20. The molecule has 0 spiro atoms. The highest BCUT2D eigenvalue weighted by Gasteiger charge is 2.48. The third kappa shape index (κ3) is 3.38. The molecule has 0 saturated carbocycles. The van der Waals surface area contributed by atoms with E-state index in [0.29, 0.717) is 31.6 Å². The SMILES string of the molecule is Cc1ccc(N2CCC(c3[nH]nc4c3C(C(F)(F)F)CC(=O)N4)CC2)nc1. The number of aromatic nitrogens is 3. The van der Waals surface area contributed by atoms with Crippen molar-refractivity contribution in [2.75, 3.05) is 23.3 Å². The van der Waals surface area contributed by atoms with Crippen LogP contribution in [0.1, 0.15) is 47.9 Å². The summed E-state index contributed by atoms with van der Waals surface area (Å²) in [5.74, 6) is -1.60. The van der Waals surface area contributed by atoms with Gasteiger partial charge >= 0.3 is 6.18 Å². The average molecular weight is 379 g/mol. The molecule has 0 aromatic carbocycles. The minimum absolute atomic E-state index is 0.0196. The summed E-state index contributed by atoms with van der Waals surface area (Å²) in [6.45, 7) is 3.38. The highest BCUT2D eigenvalue weighted by molar-refractivity contribution is 5.94. The van der Waals surface area contributed by atoms with Gasteiger partial charge in [-0.25, -0.2) is 4.98 Å². The summed E-state index contributed by atoms with van der Waals surface area (Å²) < 4.78 is 40.5. The minimum Gasteiger partial charge on any atom is -0.357 e. The molecule has 2 aromatic rings. The number of piperidine rings is 1. The Bertz CT molecular complexity index is 838. The number of carbonyl (C=O) groups excluding carboxylic acids is 1. The van der Waals surface area contributed by atoms with Crippen molar-refractivity contribution in [1.29, 1.82) is 0 Å². The van der Waals surface area contributed by atoms with Crippen LogP contribution in [-0.2, 0) is 4.79 Å². The van der Waals surface area contributed by atoms with Gasteiger partial charge in [0.2, 0.25) is 5.91 Å². The number of nitrogens with one attached hydrogen (secondary N) is 2. The number of hydrogen-bond acceptors (Lipinski definition) is 4. The molecule has 0 aliphatic carbocycles. The number of alkyl halides is 3. The van der Waals surface area contributed by atoms with Gasteiger partial charge in [0, 0.05) is 42.9 Å². The second-order valence-electron chi connectivity index (χ2n) is 7.20. The van der Waals surface area contributed by atoms with Crippen LogP contribution in [0, 0.1) is 6.92 Å². The molecule has 9 heteroatoms. The molecular formula is C18H20F3N5O. The second kappa shape index (κ2) is 6.54. The predicted octanol–water partition coefficient (Wildman–Crippen LogP) is 3.49. The highest BCUT2D eigenvalue weighted by Crippen LogP contribution is 2.46. The van der Waals surface area contributed by atoms with E-state index in [2.05, 4.69) is 25.4 Å². The molecular weight excluding hydrogens is 359 g/mol. The molecule has 2 aliphatic heterocycles. The molecule has 4 rings (SSSR count). The number of amides is 1. The molecule has 1 saturated heterocycles. The Kier molecular flexibility index (Phi) is 4.32. The largest absolute Gasteiger partial charge is 0.396 e. The van der Waals surface area contributed by atoms with Crippen molar-refractivity contribution in [3.63, 3.8) is 0 Å². The van der Waals surface area contributed by atoms with Gasteiger partial charge in [0.1, 0.15) is 5.82 Å². The van der Waals surface area contributed by atoms with Crippen molar-refractivity contribution < 1.29 is 18.0 Å². The van der Waals surface area contributed by atoms with Gasteiger partial charge in [0.25, 0.3) is 0 Å². The maximum absolute atomic E-state index is 13.5. The lowest BCUT2D eigenvalue weighted by Crippen LogP contribution is -2.35. The van der Waals surface area contributed by atoms with Gasteiger partial charge in [0.15, 0.2) is 5.82 Å². The Morgan fingerprint density at radius 2 is 1.96 bits per heavy atom. The number of aromatic amines is 1. The van der Waals surface area contributed by atoms with Crippen LogP contribution in [0.25, 0.3) is 0 Å². The summed E-state index contributed by atoms with van der Waals surface area (Å²) in [6, 6.07) is 3.96. The van der Waals surface area contributed by atoms with Crippen LogP contribution in [0.15, 0.2) is 18.3 Å². The normalized spacial score (nSPS) is 21.1. The van der Waals surface area contributed by atoms with E-state index < -0.39 is 24.4 Å². The zero-order chi connectivity index (χ0) is 19.2. The van der Waals surface area contributed by atoms with E-state index in [1.165, 1.54) is 0 Å². The average Bonchev–Trinajstić information content (AvgIpc) is 3.04. The van der Waals surface area contributed by atoms with Crippen molar-refractivity contribution >= 4 is 17.5 Å². The van der Waals surface area contributed by atoms with Gasteiger partial charge in [-0.3, -0.25) is 9.89 Å². The van der Waals surface area contributed by atoms with E-state index in [0.717, 1.165) is 11.4 Å². The molecule has 1 fully saturated rings. The predicted molar refractivity (Wildman–Crippen MR) is 93.8 cm³/mol. The number of fused-ring (bicyclic) bond motifs is 1. The number of pyridine rings is 1. The zero-order valence-electron chi connectivity index (χ0n) is 14.8. The van der Waals surface area contributed by atoms with Gasteiger partial charge in [0.05, 0.1) is 5.92 Å². The lowest BCUT2D eigenvalue weighted by molar-refractivity contribution is -0.156. The molecule has 2 N–H and O–H groups in total. The van der Waals surface area contributed by atoms with Crippen LogP contribution in [-0.4, -0.2) is 40.4 Å². The Hall–Kier alpha value is -2.58. The molecule has 0 bridgehead atoms. The quantitative estimate of drug-likeness (QED) is 0.838. The monoisotopic (exact) mass is 379 g/mol. The molecule has 0 radical (unpaired) electrons. The fourth-order valence-electron chi connectivity index (χ4n) is 3.92. The number of aryl methyl sites for hydroxylation is 1. The molecule has 6 nitrogen and oxygen atoms in total. The van der Waals surface area contributed by atoms with E-state index in [-0.39, 0.29) is 17.3 Å². The number of rotatable bonds is 2. The molecule has 1 atom stereocenters. The Morgan fingerprint density at radius 3 is 2.59 bits per heavy atom. The Labute approximate surface area is 154 Å². The number of carbonyl (C=O) groups is 1. The summed E-state index contributed by atoms with van der Waals surface area (Å²) in [5.41, 5.74) is 1.69. The van der Waals surface area contributed by atoms with Crippen LogP contribution in [0.4, 0.5) is 24.8 Å². The third-order valence-corrected chi connectivity index (χ3v) is 5.35. The zero-order valence-corrected chi connectivity index (χ0v) is 14.8. The number of halogens is 3. The molecule has 144 valence electrons. The lowest BCUT2D eigenvalue weighted by atomic mass is 9.84. The van der Waals surface area contributed by atoms with Crippen molar-refractivity contribution in [3.8, 4) is 0 Å². The van der Waals surface area contributed by atoms with Crippen molar-refractivity contribution in [2.45, 2.75) is 44.2 Å². The van der Waals surface area contributed by atoms with Crippen molar-refractivity contribution in [3.05, 3.63) is 35.2 Å². The number of hydrogen-bond donors (Lipinski definition) is 2. The van der Waals surface area contributed by atoms with Gasteiger partial charge in [-0.15, -0.1) is 0 Å².